The Labute approximate surface area is 162 Å². The van der Waals surface area contributed by atoms with E-state index in [0.717, 1.165) is 12.0 Å². The number of nitro benzene ring substituents is 1. The molecule has 0 radical (unpaired) electrons. The Morgan fingerprint density at radius 1 is 1.21 bits per heavy atom. The van der Waals surface area contributed by atoms with E-state index in [2.05, 4.69) is 0 Å². The molecule has 0 bridgehead atoms. The van der Waals surface area contributed by atoms with Gasteiger partial charge in [0.25, 0.3) is 11.6 Å². The van der Waals surface area contributed by atoms with E-state index in [4.69, 9.17) is 15.2 Å². The number of methoxy groups -OCH3 is 1. The third-order valence-electron chi connectivity index (χ3n) is 4.37. The summed E-state index contributed by atoms with van der Waals surface area (Å²) in [5.41, 5.74) is 6.62. The van der Waals surface area contributed by atoms with Gasteiger partial charge in [0.2, 0.25) is 0 Å². The molecule has 0 saturated heterocycles. The number of fused-ring (bicyclic) bond motifs is 1. The second-order valence-corrected chi connectivity index (χ2v) is 6.25. The summed E-state index contributed by atoms with van der Waals surface area (Å²) in [5.74, 6) is 0.914. The van der Waals surface area contributed by atoms with E-state index >= 15 is 0 Å². The number of hydrogen-bond donors (Lipinski definition) is 1. The molecule has 0 spiro atoms. The number of anilines is 1. The molecule has 0 unspecified atom stereocenters. The van der Waals surface area contributed by atoms with Gasteiger partial charge in [0.15, 0.2) is 11.5 Å². The number of rotatable bonds is 7. The van der Waals surface area contributed by atoms with E-state index in [-0.39, 0.29) is 17.4 Å². The lowest BCUT2D eigenvalue weighted by Gasteiger charge is -2.30. The van der Waals surface area contributed by atoms with Crippen LogP contribution in [-0.2, 0) is 4.79 Å². The van der Waals surface area contributed by atoms with Crippen molar-refractivity contribution in [3.63, 3.8) is 0 Å². The zero-order chi connectivity index (χ0) is 20.1. The molecule has 2 N–H and O–H groups in total. The molecule has 2 aromatic carbocycles. The SMILES string of the molecule is COc1ccc(/C=C2/Oc3ccc([N+](=O)[O-])cc3N(CCCCN)C2=O)cc1. The van der Waals surface area contributed by atoms with Gasteiger partial charge in [-0.2, -0.15) is 0 Å². The van der Waals surface area contributed by atoms with Gasteiger partial charge in [-0.1, -0.05) is 12.1 Å². The molecule has 1 amide bonds. The van der Waals surface area contributed by atoms with Crippen LogP contribution in [0.2, 0.25) is 0 Å². The number of ether oxygens (including phenoxy) is 2. The van der Waals surface area contributed by atoms with Crippen LogP contribution in [0.4, 0.5) is 11.4 Å². The van der Waals surface area contributed by atoms with Gasteiger partial charge in [-0.25, -0.2) is 0 Å². The van der Waals surface area contributed by atoms with Crippen LogP contribution in [0.1, 0.15) is 18.4 Å². The van der Waals surface area contributed by atoms with Crippen LogP contribution in [0.25, 0.3) is 6.08 Å². The third-order valence-corrected chi connectivity index (χ3v) is 4.37. The summed E-state index contributed by atoms with van der Waals surface area (Å²) in [4.78, 5) is 25.1. The highest BCUT2D eigenvalue weighted by Crippen LogP contribution is 2.38. The fourth-order valence-corrected chi connectivity index (χ4v) is 2.90. The zero-order valence-corrected chi connectivity index (χ0v) is 15.5. The lowest BCUT2D eigenvalue weighted by Crippen LogP contribution is -2.38. The monoisotopic (exact) mass is 383 g/mol. The van der Waals surface area contributed by atoms with Crippen molar-refractivity contribution in [1.29, 1.82) is 0 Å². The molecular formula is C20H21N3O5. The fourth-order valence-electron chi connectivity index (χ4n) is 2.90. The molecule has 0 fully saturated rings. The number of carbonyl (C=O) groups excluding carboxylic acids is 1. The Balaban J connectivity index is 1.97. The first-order valence-corrected chi connectivity index (χ1v) is 8.87. The minimum Gasteiger partial charge on any atom is -0.497 e. The van der Waals surface area contributed by atoms with Crippen molar-refractivity contribution in [2.75, 3.05) is 25.1 Å². The van der Waals surface area contributed by atoms with Gasteiger partial charge < -0.3 is 20.1 Å². The van der Waals surface area contributed by atoms with Crippen LogP contribution < -0.4 is 20.1 Å². The number of nitrogens with two attached hydrogens (primary N) is 1. The van der Waals surface area contributed by atoms with Gasteiger partial charge in [-0.15, -0.1) is 0 Å². The number of non-ortho nitro benzene ring substituents is 1. The van der Waals surface area contributed by atoms with Gasteiger partial charge in [-0.05, 0) is 49.2 Å². The zero-order valence-electron chi connectivity index (χ0n) is 15.5. The number of hydrogen-bond acceptors (Lipinski definition) is 6. The maximum atomic E-state index is 13.0. The van der Waals surface area contributed by atoms with Gasteiger partial charge in [0.05, 0.1) is 17.7 Å². The highest BCUT2D eigenvalue weighted by Gasteiger charge is 2.31. The summed E-state index contributed by atoms with van der Waals surface area (Å²) >= 11 is 0. The normalized spacial score (nSPS) is 14.6. The summed E-state index contributed by atoms with van der Waals surface area (Å²) in [5, 5.41) is 11.1. The van der Waals surface area contributed by atoms with E-state index in [9.17, 15) is 14.9 Å². The Bertz CT molecular complexity index is 909. The van der Waals surface area contributed by atoms with Crippen LogP contribution in [0.5, 0.6) is 11.5 Å². The van der Waals surface area contributed by atoms with Crippen molar-refractivity contribution in [3.8, 4) is 11.5 Å². The van der Waals surface area contributed by atoms with Gasteiger partial charge in [-0.3, -0.25) is 14.9 Å². The molecule has 1 aliphatic heterocycles. The number of unbranched alkanes of at least 4 members (excludes halogenated alkanes) is 1. The highest BCUT2D eigenvalue weighted by molar-refractivity contribution is 6.10. The van der Waals surface area contributed by atoms with E-state index in [1.54, 1.807) is 25.3 Å². The summed E-state index contributed by atoms with van der Waals surface area (Å²) in [6.07, 6.45) is 3.06. The summed E-state index contributed by atoms with van der Waals surface area (Å²) in [6, 6.07) is 11.4. The third kappa shape index (κ3) is 4.12. The first kappa shape index (κ1) is 19.4. The summed E-state index contributed by atoms with van der Waals surface area (Å²) < 4.78 is 10.9. The molecular weight excluding hydrogens is 362 g/mol. The fraction of sp³-hybridized carbons (Fsp3) is 0.250. The second-order valence-electron chi connectivity index (χ2n) is 6.25. The molecule has 146 valence electrons. The molecule has 0 aliphatic carbocycles. The molecule has 8 nitrogen and oxygen atoms in total. The Kier molecular flexibility index (Phi) is 5.90. The quantitative estimate of drug-likeness (QED) is 0.341. The lowest BCUT2D eigenvalue weighted by molar-refractivity contribution is -0.384. The number of amides is 1. The van der Waals surface area contributed by atoms with Crippen LogP contribution in [0.3, 0.4) is 0 Å². The van der Waals surface area contributed by atoms with Crippen molar-refractivity contribution in [3.05, 3.63) is 63.9 Å². The molecule has 2 aromatic rings. The highest BCUT2D eigenvalue weighted by atomic mass is 16.6. The molecule has 3 rings (SSSR count). The number of benzene rings is 2. The molecule has 0 aromatic heterocycles. The Morgan fingerprint density at radius 3 is 2.61 bits per heavy atom. The van der Waals surface area contributed by atoms with E-state index < -0.39 is 4.92 Å². The molecule has 1 heterocycles. The Morgan fingerprint density at radius 2 is 1.96 bits per heavy atom. The van der Waals surface area contributed by atoms with E-state index in [1.165, 1.54) is 23.1 Å². The predicted octanol–water partition coefficient (Wildman–Crippen LogP) is 3.11. The van der Waals surface area contributed by atoms with E-state index in [1.807, 2.05) is 12.1 Å². The molecule has 28 heavy (non-hydrogen) atoms. The van der Waals surface area contributed by atoms with Crippen molar-refractivity contribution in [1.82, 2.24) is 0 Å². The standard InChI is InChI=1S/C20H21N3O5/c1-27-16-7-4-14(5-8-16)12-19-20(24)22(11-3-2-10-21)17-13-15(23(25)26)6-9-18(17)28-19/h4-9,12-13H,2-3,10-11,21H2,1H3/b19-12+. The van der Waals surface area contributed by atoms with Crippen LogP contribution in [0.15, 0.2) is 48.2 Å². The van der Waals surface area contributed by atoms with Crippen LogP contribution in [0, 0.1) is 10.1 Å². The molecule has 0 atom stereocenters. The van der Waals surface area contributed by atoms with Crippen LogP contribution in [-0.4, -0.2) is 31.0 Å². The van der Waals surface area contributed by atoms with Crippen molar-refractivity contribution < 1.29 is 19.2 Å². The summed E-state index contributed by atoms with van der Waals surface area (Å²) in [6.45, 7) is 0.905. The predicted molar refractivity (Wildman–Crippen MR) is 105 cm³/mol. The maximum absolute atomic E-state index is 13.0. The average molecular weight is 383 g/mol. The first-order valence-electron chi connectivity index (χ1n) is 8.87. The van der Waals surface area contributed by atoms with Crippen molar-refractivity contribution >= 4 is 23.4 Å². The number of carbonyl (C=O) groups is 1. The number of nitrogens with zero attached hydrogens (tertiary/aromatic N) is 2. The van der Waals surface area contributed by atoms with Gasteiger partial charge in [0.1, 0.15) is 5.75 Å². The van der Waals surface area contributed by atoms with E-state index in [0.29, 0.717) is 36.7 Å². The minimum atomic E-state index is -0.495. The average Bonchev–Trinajstić information content (AvgIpc) is 2.70. The molecule has 0 saturated carbocycles. The largest absolute Gasteiger partial charge is 0.497 e. The lowest BCUT2D eigenvalue weighted by atomic mass is 10.1. The minimum absolute atomic E-state index is 0.0958. The smallest absolute Gasteiger partial charge is 0.294 e. The molecule has 1 aliphatic rings. The topological polar surface area (TPSA) is 108 Å². The number of nitro groups is 1. The van der Waals surface area contributed by atoms with Gasteiger partial charge in [0, 0.05) is 18.7 Å². The second kappa shape index (κ2) is 8.53. The maximum Gasteiger partial charge on any atom is 0.294 e. The Hall–Kier alpha value is -3.39. The van der Waals surface area contributed by atoms with Crippen LogP contribution >= 0.6 is 0 Å². The van der Waals surface area contributed by atoms with Gasteiger partial charge >= 0.3 is 0 Å². The van der Waals surface area contributed by atoms with Crippen molar-refractivity contribution in [2.45, 2.75) is 12.8 Å². The summed E-state index contributed by atoms with van der Waals surface area (Å²) in [7, 11) is 1.58. The molecule has 8 heteroatoms. The van der Waals surface area contributed by atoms with Crippen molar-refractivity contribution in [2.24, 2.45) is 5.73 Å². The first-order chi connectivity index (χ1) is 13.5.